The molecule has 2 N–H and O–H groups in total. The van der Waals surface area contributed by atoms with E-state index >= 15 is 0 Å². The van der Waals surface area contributed by atoms with E-state index in [9.17, 15) is 4.21 Å². The summed E-state index contributed by atoms with van der Waals surface area (Å²) in [6.07, 6.45) is 3.96. The molecule has 4 rings (SSSR count). The molecule has 1 unspecified atom stereocenters. The molecule has 0 aliphatic carbocycles. The number of para-hydroxylation sites is 1. The average Bonchev–Trinajstić information content (AvgIpc) is 2.90. The lowest BCUT2D eigenvalue weighted by Crippen LogP contribution is -2.25. The molecule has 0 spiro atoms. The lowest BCUT2D eigenvalue weighted by Gasteiger charge is -2.22. The van der Waals surface area contributed by atoms with Gasteiger partial charge in [-0.2, -0.15) is 0 Å². The van der Waals surface area contributed by atoms with Gasteiger partial charge in [0.1, 0.15) is 0 Å². The van der Waals surface area contributed by atoms with Gasteiger partial charge in [-0.25, -0.2) is 4.21 Å². The van der Waals surface area contributed by atoms with Gasteiger partial charge in [0.05, 0.1) is 20.3 Å². The smallest absolute Gasteiger partial charge is 0.0744 e. The number of benzene rings is 2. The van der Waals surface area contributed by atoms with E-state index in [0.717, 1.165) is 32.6 Å². The van der Waals surface area contributed by atoms with Crippen LogP contribution >= 0.6 is 0 Å². The summed E-state index contributed by atoms with van der Waals surface area (Å²) in [6.45, 7) is 0. The Labute approximate surface area is 123 Å². The third kappa shape index (κ3) is 1.87. The molecule has 4 heteroatoms. The molecule has 3 nitrogen and oxygen atoms in total. The molecule has 104 valence electrons. The summed E-state index contributed by atoms with van der Waals surface area (Å²) in [4.78, 5) is 4.00. The van der Waals surface area contributed by atoms with Crippen molar-refractivity contribution in [2.75, 3.05) is 0 Å². The first-order valence-electron chi connectivity index (χ1n) is 6.67. The highest BCUT2D eigenvalue weighted by Gasteiger charge is 2.20. The SMILES string of the molecule is C=S1(=O)NC(c2c[nH]c3ccccc23)=Cc2ccccc21. The van der Waals surface area contributed by atoms with E-state index in [-0.39, 0.29) is 0 Å². The van der Waals surface area contributed by atoms with Crippen molar-refractivity contribution in [2.45, 2.75) is 4.90 Å². The number of fused-ring (bicyclic) bond motifs is 2. The minimum atomic E-state index is -2.52. The van der Waals surface area contributed by atoms with Crippen molar-refractivity contribution in [1.29, 1.82) is 0 Å². The first-order valence-corrected chi connectivity index (χ1v) is 8.40. The zero-order chi connectivity index (χ0) is 14.4. The third-order valence-electron chi connectivity index (χ3n) is 3.73. The first-order chi connectivity index (χ1) is 10.1. The van der Waals surface area contributed by atoms with Crippen LogP contribution in [0.5, 0.6) is 0 Å². The highest BCUT2D eigenvalue weighted by molar-refractivity contribution is 7.99. The molecule has 0 radical (unpaired) electrons. The van der Waals surface area contributed by atoms with E-state index in [4.69, 9.17) is 0 Å². The van der Waals surface area contributed by atoms with Crippen LogP contribution in [-0.2, 0) is 9.71 Å². The number of aromatic amines is 1. The summed E-state index contributed by atoms with van der Waals surface area (Å²) in [7, 11) is -2.52. The molecule has 0 amide bonds. The molecule has 1 atom stereocenters. The van der Waals surface area contributed by atoms with Crippen molar-refractivity contribution in [2.24, 2.45) is 0 Å². The molecule has 3 aromatic rings. The third-order valence-corrected chi connectivity index (χ3v) is 5.36. The zero-order valence-electron chi connectivity index (χ0n) is 11.3. The summed E-state index contributed by atoms with van der Waals surface area (Å²) in [6, 6.07) is 15.7. The minimum Gasteiger partial charge on any atom is -0.360 e. The Morgan fingerprint density at radius 2 is 1.76 bits per heavy atom. The van der Waals surface area contributed by atoms with Gasteiger partial charge in [0.15, 0.2) is 0 Å². The van der Waals surface area contributed by atoms with Crippen LogP contribution in [0.4, 0.5) is 0 Å². The number of H-pyrrole nitrogens is 1. The van der Waals surface area contributed by atoms with E-state index in [1.165, 1.54) is 0 Å². The summed E-state index contributed by atoms with van der Waals surface area (Å²) in [5.74, 6) is 3.88. The molecule has 0 saturated carbocycles. The molecule has 21 heavy (non-hydrogen) atoms. The molecular weight excluding hydrogens is 280 g/mol. The first kappa shape index (κ1) is 12.3. The van der Waals surface area contributed by atoms with Gasteiger partial charge in [-0.3, -0.25) is 0 Å². The van der Waals surface area contributed by atoms with Crippen LogP contribution < -0.4 is 4.72 Å². The Balaban J connectivity index is 1.97. The minimum absolute atomic E-state index is 0.758. The summed E-state index contributed by atoms with van der Waals surface area (Å²) in [5, 5.41) is 1.10. The molecule has 0 saturated heterocycles. The number of rotatable bonds is 1. The average molecular weight is 294 g/mol. The Hall–Kier alpha value is -2.46. The highest BCUT2D eigenvalue weighted by atomic mass is 32.2. The molecule has 1 aromatic heterocycles. The van der Waals surface area contributed by atoms with Gasteiger partial charge >= 0.3 is 0 Å². The molecule has 2 heterocycles. The Morgan fingerprint density at radius 3 is 2.67 bits per heavy atom. The van der Waals surface area contributed by atoms with Crippen LogP contribution in [0.3, 0.4) is 0 Å². The predicted molar refractivity (Wildman–Crippen MR) is 89.3 cm³/mol. The molecule has 0 bridgehead atoms. The molecule has 2 aromatic carbocycles. The van der Waals surface area contributed by atoms with E-state index in [2.05, 4.69) is 21.6 Å². The van der Waals surface area contributed by atoms with E-state index in [0.29, 0.717) is 0 Å². The van der Waals surface area contributed by atoms with Gasteiger partial charge in [-0.15, -0.1) is 0 Å². The normalized spacial score (nSPS) is 20.7. The van der Waals surface area contributed by atoms with Crippen LogP contribution in [0.25, 0.3) is 22.7 Å². The summed E-state index contributed by atoms with van der Waals surface area (Å²) < 4.78 is 15.9. The second-order valence-corrected chi connectivity index (χ2v) is 7.12. The van der Waals surface area contributed by atoms with Gasteiger partial charge in [-0.05, 0) is 29.6 Å². The van der Waals surface area contributed by atoms with Crippen LogP contribution in [-0.4, -0.2) is 15.1 Å². The summed E-state index contributed by atoms with van der Waals surface area (Å²) >= 11 is 0. The summed E-state index contributed by atoms with van der Waals surface area (Å²) in [5.41, 5.74) is 3.86. The number of hydrogen-bond acceptors (Lipinski definition) is 1. The van der Waals surface area contributed by atoms with Crippen molar-refractivity contribution in [1.82, 2.24) is 9.71 Å². The monoisotopic (exact) mass is 294 g/mol. The lowest BCUT2D eigenvalue weighted by molar-refractivity contribution is 0.677. The van der Waals surface area contributed by atoms with Crippen molar-refractivity contribution < 1.29 is 4.21 Å². The van der Waals surface area contributed by atoms with Crippen LogP contribution in [0.2, 0.25) is 0 Å². The molecule has 0 fully saturated rings. The predicted octanol–water partition coefficient (Wildman–Crippen LogP) is 3.26. The Morgan fingerprint density at radius 1 is 1.00 bits per heavy atom. The second kappa shape index (κ2) is 4.27. The van der Waals surface area contributed by atoms with Crippen LogP contribution in [0, 0.1) is 0 Å². The second-order valence-electron chi connectivity index (χ2n) is 5.12. The van der Waals surface area contributed by atoms with Gasteiger partial charge in [-0.1, -0.05) is 36.4 Å². The highest BCUT2D eigenvalue weighted by Crippen LogP contribution is 2.31. The fourth-order valence-electron chi connectivity index (χ4n) is 2.74. The maximum absolute atomic E-state index is 12.8. The van der Waals surface area contributed by atoms with Crippen molar-refractivity contribution in [3.05, 3.63) is 65.9 Å². The molecule has 1 aliphatic rings. The van der Waals surface area contributed by atoms with Gasteiger partial charge in [0, 0.05) is 22.7 Å². The van der Waals surface area contributed by atoms with Crippen molar-refractivity contribution in [3.8, 4) is 0 Å². The van der Waals surface area contributed by atoms with Crippen LogP contribution in [0.1, 0.15) is 11.1 Å². The Bertz CT molecular complexity index is 981. The maximum Gasteiger partial charge on any atom is 0.0744 e. The standard InChI is InChI=1S/C17H14N2OS/c1-21(20)17-9-5-2-6-12(17)10-16(19-21)14-11-18-15-8-4-3-7-13(14)15/h2-11,18H,1H2,(H,19,20). The van der Waals surface area contributed by atoms with E-state index in [1.807, 2.05) is 54.7 Å². The fourth-order valence-corrected chi connectivity index (χ4v) is 4.18. The van der Waals surface area contributed by atoms with Gasteiger partial charge in [0.2, 0.25) is 0 Å². The van der Waals surface area contributed by atoms with Crippen molar-refractivity contribution >= 4 is 38.3 Å². The van der Waals surface area contributed by atoms with Gasteiger partial charge in [0.25, 0.3) is 0 Å². The van der Waals surface area contributed by atoms with Gasteiger partial charge < -0.3 is 9.71 Å². The van der Waals surface area contributed by atoms with Crippen molar-refractivity contribution in [3.63, 3.8) is 0 Å². The molecular formula is C17H14N2OS. The quantitative estimate of drug-likeness (QED) is 0.665. The Kier molecular flexibility index (Phi) is 2.50. The lowest BCUT2D eigenvalue weighted by atomic mass is 10.1. The fraction of sp³-hybridized carbons (Fsp3) is 0. The molecule has 1 aliphatic heterocycles. The largest absolute Gasteiger partial charge is 0.360 e. The number of aromatic nitrogens is 1. The number of hydrogen-bond donors (Lipinski definition) is 2. The zero-order valence-corrected chi connectivity index (χ0v) is 12.1. The number of nitrogens with one attached hydrogen (secondary N) is 2. The van der Waals surface area contributed by atoms with E-state index < -0.39 is 9.71 Å². The topological polar surface area (TPSA) is 44.9 Å². The van der Waals surface area contributed by atoms with Crippen LogP contribution in [0.15, 0.2) is 59.6 Å². The van der Waals surface area contributed by atoms with E-state index in [1.54, 1.807) is 0 Å². The maximum atomic E-state index is 12.8.